The molecule has 1 rings (SSSR count). The van der Waals surface area contributed by atoms with E-state index >= 15 is 0 Å². The van der Waals surface area contributed by atoms with Crippen LogP contribution in [0.5, 0.6) is 0 Å². The van der Waals surface area contributed by atoms with Crippen LogP contribution >= 0.6 is 0 Å². The van der Waals surface area contributed by atoms with Crippen LogP contribution in [0.25, 0.3) is 0 Å². The van der Waals surface area contributed by atoms with Crippen molar-refractivity contribution in [3.05, 3.63) is 29.8 Å². The zero-order chi connectivity index (χ0) is 14.1. The molecule has 0 atom stereocenters. The third kappa shape index (κ3) is 6.54. The highest BCUT2D eigenvalue weighted by atomic mass is 16.5. The Balaban J connectivity index is 2.47. The second kappa shape index (κ2) is 8.23. The SMILES string of the molecule is COCCOCc1cccc(NC(=O)CC(=O)O)c1. The van der Waals surface area contributed by atoms with Crippen LogP contribution in [0.1, 0.15) is 12.0 Å². The number of carbonyl (C=O) groups excluding carboxylic acids is 1. The van der Waals surface area contributed by atoms with Crippen molar-refractivity contribution in [1.29, 1.82) is 0 Å². The van der Waals surface area contributed by atoms with Crippen molar-refractivity contribution >= 4 is 17.6 Å². The highest BCUT2D eigenvalue weighted by Crippen LogP contribution is 2.12. The molecule has 0 saturated heterocycles. The Morgan fingerprint density at radius 3 is 2.79 bits per heavy atom. The van der Waals surface area contributed by atoms with Crippen molar-refractivity contribution < 1.29 is 24.2 Å². The molecule has 0 saturated carbocycles. The van der Waals surface area contributed by atoms with Gasteiger partial charge in [-0.2, -0.15) is 0 Å². The number of anilines is 1. The largest absolute Gasteiger partial charge is 0.481 e. The van der Waals surface area contributed by atoms with Gasteiger partial charge in [-0.3, -0.25) is 9.59 Å². The summed E-state index contributed by atoms with van der Waals surface area (Å²) in [5.74, 6) is -1.71. The molecule has 1 amide bonds. The molecular formula is C13H17NO5. The Bertz CT molecular complexity index is 433. The van der Waals surface area contributed by atoms with E-state index in [1.165, 1.54) is 0 Å². The van der Waals surface area contributed by atoms with Crippen molar-refractivity contribution in [2.45, 2.75) is 13.0 Å². The highest BCUT2D eigenvalue weighted by molar-refractivity contribution is 6.01. The quantitative estimate of drug-likeness (QED) is 0.547. The van der Waals surface area contributed by atoms with Crippen LogP contribution in [-0.4, -0.2) is 37.3 Å². The number of aliphatic carboxylic acids is 1. The highest BCUT2D eigenvalue weighted by Gasteiger charge is 2.07. The number of hydrogen-bond acceptors (Lipinski definition) is 4. The van der Waals surface area contributed by atoms with Crippen LogP contribution in [0.3, 0.4) is 0 Å². The van der Waals surface area contributed by atoms with Gasteiger partial charge >= 0.3 is 5.97 Å². The molecule has 19 heavy (non-hydrogen) atoms. The summed E-state index contributed by atoms with van der Waals surface area (Å²) in [7, 11) is 1.60. The van der Waals surface area contributed by atoms with Gasteiger partial charge in [-0.15, -0.1) is 0 Å². The van der Waals surface area contributed by atoms with Crippen molar-refractivity contribution in [2.24, 2.45) is 0 Å². The Kier molecular flexibility index (Phi) is 6.56. The molecule has 104 valence electrons. The summed E-state index contributed by atoms with van der Waals surface area (Å²) >= 11 is 0. The maximum atomic E-state index is 11.3. The van der Waals surface area contributed by atoms with Crippen LogP contribution in [0.15, 0.2) is 24.3 Å². The summed E-state index contributed by atoms with van der Waals surface area (Å²) in [6, 6.07) is 7.07. The molecule has 0 unspecified atom stereocenters. The number of methoxy groups -OCH3 is 1. The minimum Gasteiger partial charge on any atom is -0.481 e. The van der Waals surface area contributed by atoms with E-state index in [0.717, 1.165) is 5.56 Å². The summed E-state index contributed by atoms with van der Waals surface area (Å²) in [5, 5.41) is 11.0. The lowest BCUT2D eigenvalue weighted by Crippen LogP contribution is -2.16. The molecule has 6 nitrogen and oxygen atoms in total. The number of ether oxygens (including phenoxy) is 2. The fourth-order valence-corrected chi connectivity index (χ4v) is 1.41. The Hall–Kier alpha value is -1.92. The lowest BCUT2D eigenvalue weighted by atomic mass is 10.2. The smallest absolute Gasteiger partial charge is 0.312 e. The van der Waals surface area contributed by atoms with E-state index in [1.807, 2.05) is 6.07 Å². The number of rotatable bonds is 8. The van der Waals surface area contributed by atoms with Crippen LogP contribution < -0.4 is 5.32 Å². The van der Waals surface area contributed by atoms with Gasteiger partial charge in [0.2, 0.25) is 5.91 Å². The van der Waals surface area contributed by atoms with E-state index in [0.29, 0.717) is 25.5 Å². The summed E-state index contributed by atoms with van der Waals surface area (Å²) in [4.78, 5) is 21.7. The molecule has 0 spiro atoms. The first-order valence-corrected chi connectivity index (χ1v) is 5.79. The van der Waals surface area contributed by atoms with Crippen LogP contribution in [0.4, 0.5) is 5.69 Å². The molecule has 6 heteroatoms. The predicted molar refractivity (Wildman–Crippen MR) is 68.9 cm³/mol. The van der Waals surface area contributed by atoms with E-state index in [-0.39, 0.29) is 0 Å². The zero-order valence-electron chi connectivity index (χ0n) is 10.7. The van der Waals surface area contributed by atoms with Crippen LogP contribution in [0, 0.1) is 0 Å². The Morgan fingerprint density at radius 1 is 1.32 bits per heavy atom. The number of carboxylic acid groups (broad SMARTS) is 1. The average molecular weight is 267 g/mol. The minimum absolute atomic E-state index is 0.409. The maximum Gasteiger partial charge on any atom is 0.312 e. The third-order valence-corrected chi connectivity index (χ3v) is 2.22. The van der Waals surface area contributed by atoms with Crippen molar-refractivity contribution in [2.75, 3.05) is 25.6 Å². The minimum atomic E-state index is -1.16. The fraction of sp³-hybridized carbons (Fsp3) is 0.385. The van der Waals surface area contributed by atoms with E-state index in [4.69, 9.17) is 14.6 Å². The first kappa shape index (κ1) is 15.1. The van der Waals surface area contributed by atoms with Crippen molar-refractivity contribution in [1.82, 2.24) is 0 Å². The summed E-state index contributed by atoms with van der Waals surface area (Å²) in [5.41, 5.74) is 1.45. The molecule has 0 fully saturated rings. The lowest BCUT2D eigenvalue weighted by Gasteiger charge is -2.07. The van der Waals surface area contributed by atoms with Gasteiger partial charge in [0.1, 0.15) is 6.42 Å². The molecule has 0 aliphatic heterocycles. The van der Waals surface area contributed by atoms with Crippen molar-refractivity contribution in [3.8, 4) is 0 Å². The van der Waals surface area contributed by atoms with E-state index in [9.17, 15) is 9.59 Å². The topological polar surface area (TPSA) is 84.9 Å². The molecular weight excluding hydrogens is 250 g/mol. The number of hydrogen-bond donors (Lipinski definition) is 2. The molecule has 0 bridgehead atoms. The monoisotopic (exact) mass is 267 g/mol. The summed E-state index contributed by atoms with van der Waals surface area (Å²) < 4.78 is 10.2. The molecule has 0 aliphatic rings. The second-order valence-corrected chi connectivity index (χ2v) is 3.86. The number of carbonyl (C=O) groups is 2. The molecule has 0 radical (unpaired) electrons. The van der Waals surface area contributed by atoms with Gasteiger partial charge in [-0.05, 0) is 17.7 Å². The van der Waals surface area contributed by atoms with Crippen molar-refractivity contribution in [3.63, 3.8) is 0 Å². The van der Waals surface area contributed by atoms with Gasteiger partial charge in [0, 0.05) is 12.8 Å². The van der Waals surface area contributed by atoms with Crippen LogP contribution in [0.2, 0.25) is 0 Å². The first-order chi connectivity index (χ1) is 9.11. The number of amides is 1. The lowest BCUT2D eigenvalue weighted by molar-refractivity contribution is -0.139. The van der Waals surface area contributed by atoms with Gasteiger partial charge in [0.25, 0.3) is 0 Å². The Labute approximate surface area is 111 Å². The molecule has 1 aromatic carbocycles. The van der Waals surface area contributed by atoms with Gasteiger partial charge in [-0.25, -0.2) is 0 Å². The molecule has 0 aliphatic carbocycles. The van der Waals surface area contributed by atoms with Crippen LogP contribution in [-0.2, 0) is 25.7 Å². The number of nitrogens with one attached hydrogen (secondary N) is 1. The van der Waals surface area contributed by atoms with E-state index in [1.54, 1.807) is 25.3 Å². The maximum absolute atomic E-state index is 11.3. The van der Waals surface area contributed by atoms with Gasteiger partial charge < -0.3 is 19.9 Å². The van der Waals surface area contributed by atoms with Gasteiger partial charge in [0.05, 0.1) is 19.8 Å². The third-order valence-electron chi connectivity index (χ3n) is 2.22. The number of carboxylic acids is 1. The molecule has 2 N–H and O–H groups in total. The Morgan fingerprint density at radius 2 is 2.11 bits per heavy atom. The second-order valence-electron chi connectivity index (χ2n) is 3.86. The molecule has 0 heterocycles. The van der Waals surface area contributed by atoms with Gasteiger partial charge in [-0.1, -0.05) is 12.1 Å². The molecule has 1 aromatic rings. The predicted octanol–water partition coefficient (Wildman–Crippen LogP) is 1.26. The zero-order valence-corrected chi connectivity index (χ0v) is 10.7. The van der Waals surface area contributed by atoms with Gasteiger partial charge in [0.15, 0.2) is 0 Å². The van der Waals surface area contributed by atoms with E-state index < -0.39 is 18.3 Å². The standard InChI is InChI=1S/C13H17NO5/c1-18-5-6-19-9-10-3-2-4-11(7-10)14-12(15)8-13(16)17/h2-4,7H,5-6,8-9H2,1H3,(H,14,15)(H,16,17). The average Bonchev–Trinajstić information content (AvgIpc) is 2.34. The fourth-order valence-electron chi connectivity index (χ4n) is 1.41. The van der Waals surface area contributed by atoms with E-state index in [2.05, 4.69) is 5.32 Å². The normalized spacial score (nSPS) is 10.2. The molecule has 0 aromatic heterocycles. The first-order valence-electron chi connectivity index (χ1n) is 5.79. The summed E-state index contributed by atoms with van der Waals surface area (Å²) in [6.45, 7) is 1.42. The summed E-state index contributed by atoms with van der Waals surface area (Å²) in [6.07, 6.45) is -0.547. The number of benzene rings is 1.